The van der Waals surface area contributed by atoms with Crippen LogP contribution in [0, 0.1) is 5.82 Å². The summed E-state index contributed by atoms with van der Waals surface area (Å²) >= 11 is 5.69. The van der Waals surface area contributed by atoms with Gasteiger partial charge in [-0.15, -0.1) is 0 Å². The van der Waals surface area contributed by atoms with E-state index in [2.05, 4.69) is 10.3 Å². The number of rotatable bonds is 6. The molecule has 15 heteroatoms. The number of benzene rings is 1. The van der Waals surface area contributed by atoms with E-state index in [0.29, 0.717) is 12.3 Å². The third kappa shape index (κ3) is 6.00. The Kier molecular flexibility index (Phi) is 7.75. The van der Waals surface area contributed by atoms with E-state index >= 15 is 0 Å². The molecule has 9 nitrogen and oxygen atoms in total. The van der Waals surface area contributed by atoms with Gasteiger partial charge >= 0.3 is 12.1 Å². The molecular formula is C19H16ClF4N3O6S. The first kappa shape index (κ1) is 25.8. The molecule has 184 valence electrons. The van der Waals surface area contributed by atoms with Crippen molar-refractivity contribution in [1.29, 1.82) is 0 Å². The van der Waals surface area contributed by atoms with E-state index in [1.165, 1.54) is 0 Å². The third-order valence-electron chi connectivity index (χ3n) is 4.52. The van der Waals surface area contributed by atoms with Crippen LogP contribution in [0.25, 0.3) is 0 Å². The highest BCUT2D eigenvalue weighted by Gasteiger charge is 2.32. The van der Waals surface area contributed by atoms with Crippen molar-refractivity contribution in [2.24, 2.45) is 0 Å². The molecule has 1 fully saturated rings. The number of pyridine rings is 1. The zero-order valence-electron chi connectivity index (χ0n) is 17.1. The Morgan fingerprint density at radius 3 is 2.50 bits per heavy atom. The van der Waals surface area contributed by atoms with Gasteiger partial charge in [0, 0.05) is 19.3 Å². The largest absolute Gasteiger partial charge is 0.452 e. The molecule has 0 aliphatic carbocycles. The van der Waals surface area contributed by atoms with Crippen molar-refractivity contribution in [3.05, 3.63) is 52.4 Å². The molecule has 1 amide bonds. The van der Waals surface area contributed by atoms with Gasteiger partial charge in [0.25, 0.3) is 5.91 Å². The summed E-state index contributed by atoms with van der Waals surface area (Å²) in [5.74, 6) is -3.59. The Labute approximate surface area is 195 Å². The summed E-state index contributed by atoms with van der Waals surface area (Å²) in [5, 5.41) is 1.59. The average Bonchev–Trinajstić information content (AvgIpc) is 2.79. The van der Waals surface area contributed by atoms with Crippen LogP contribution < -0.4 is 5.32 Å². The topological polar surface area (TPSA) is 115 Å². The number of aromatic nitrogens is 1. The SMILES string of the molecule is O=C(COC(=O)c1ccc(F)c(S(=O)(=O)N2CCOCC2)c1)Nc1ncc(C(F)(F)F)cc1Cl. The van der Waals surface area contributed by atoms with Crippen LogP contribution in [0.3, 0.4) is 0 Å². The zero-order chi connectivity index (χ0) is 25.1. The summed E-state index contributed by atoms with van der Waals surface area (Å²) in [6.07, 6.45) is -4.22. The number of alkyl halides is 3. The van der Waals surface area contributed by atoms with Gasteiger partial charge < -0.3 is 14.8 Å². The lowest BCUT2D eigenvalue weighted by Crippen LogP contribution is -2.41. The highest BCUT2D eigenvalue weighted by atomic mass is 35.5. The number of anilines is 1. The number of hydrogen-bond donors (Lipinski definition) is 1. The maximum atomic E-state index is 14.2. The molecule has 0 bridgehead atoms. The van der Waals surface area contributed by atoms with E-state index in [-0.39, 0.29) is 31.9 Å². The number of halogens is 5. The highest BCUT2D eigenvalue weighted by Crippen LogP contribution is 2.32. The van der Waals surface area contributed by atoms with E-state index in [4.69, 9.17) is 21.1 Å². The minimum absolute atomic E-state index is 0.0111. The van der Waals surface area contributed by atoms with Gasteiger partial charge in [0.15, 0.2) is 12.4 Å². The monoisotopic (exact) mass is 525 g/mol. The van der Waals surface area contributed by atoms with Gasteiger partial charge in [-0.3, -0.25) is 4.79 Å². The molecule has 1 saturated heterocycles. The van der Waals surface area contributed by atoms with Crippen LogP contribution in [0.2, 0.25) is 5.02 Å². The van der Waals surface area contributed by atoms with Crippen LogP contribution in [0.15, 0.2) is 35.4 Å². The van der Waals surface area contributed by atoms with Gasteiger partial charge in [-0.25, -0.2) is 22.6 Å². The molecule has 0 atom stereocenters. The Hall–Kier alpha value is -2.81. The Morgan fingerprint density at radius 1 is 1.21 bits per heavy atom. The number of sulfonamides is 1. The molecule has 1 aromatic carbocycles. The van der Waals surface area contributed by atoms with Crippen molar-refractivity contribution >= 4 is 39.3 Å². The number of carbonyl (C=O) groups is 2. The predicted octanol–water partition coefficient (Wildman–Crippen LogP) is 2.71. The molecule has 3 rings (SSSR count). The minimum Gasteiger partial charge on any atom is -0.452 e. The maximum absolute atomic E-state index is 14.2. The van der Waals surface area contributed by atoms with Crippen LogP contribution >= 0.6 is 11.6 Å². The second-order valence-corrected chi connectivity index (χ2v) is 9.15. The first-order valence-electron chi connectivity index (χ1n) is 9.47. The lowest BCUT2D eigenvalue weighted by molar-refractivity contribution is -0.137. The number of amides is 1. The Bertz CT molecular complexity index is 1200. The number of carbonyl (C=O) groups excluding carboxylic acids is 2. The lowest BCUT2D eigenvalue weighted by Gasteiger charge is -2.26. The molecular weight excluding hydrogens is 510 g/mol. The first-order chi connectivity index (χ1) is 15.9. The van der Waals surface area contributed by atoms with Gasteiger partial charge in [0.2, 0.25) is 10.0 Å². The van der Waals surface area contributed by atoms with Crippen molar-refractivity contribution in [3.8, 4) is 0 Å². The average molecular weight is 526 g/mol. The molecule has 0 spiro atoms. The second kappa shape index (κ2) is 10.2. The third-order valence-corrected chi connectivity index (χ3v) is 6.72. The Morgan fingerprint density at radius 2 is 1.88 bits per heavy atom. The lowest BCUT2D eigenvalue weighted by atomic mass is 10.2. The minimum atomic E-state index is -4.68. The number of nitrogens with zero attached hydrogens (tertiary/aromatic N) is 2. The van der Waals surface area contributed by atoms with E-state index in [1.54, 1.807) is 0 Å². The summed E-state index contributed by atoms with van der Waals surface area (Å²) < 4.78 is 88.5. The second-order valence-electron chi connectivity index (χ2n) is 6.84. The van der Waals surface area contributed by atoms with Crippen molar-refractivity contribution < 1.29 is 45.0 Å². The molecule has 0 saturated carbocycles. The summed E-state index contributed by atoms with van der Waals surface area (Å²) in [4.78, 5) is 26.9. The fraction of sp³-hybridized carbons (Fsp3) is 0.316. The normalized spacial score (nSPS) is 15.1. The fourth-order valence-corrected chi connectivity index (χ4v) is 4.53. The zero-order valence-corrected chi connectivity index (χ0v) is 18.6. The first-order valence-corrected chi connectivity index (χ1v) is 11.3. The number of hydrogen-bond acceptors (Lipinski definition) is 7. The molecule has 0 radical (unpaired) electrons. The van der Waals surface area contributed by atoms with Crippen LogP contribution in [-0.4, -0.2) is 62.5 Å². The van der Waals surface area contributed by atoms with Crippen LogP contribution in [-0.2, 0) is 30.5 Å². The number of ether oxygens (including phenoxy) is 2. The smallest absolute Gasteiger partial charge is 0.417 e. The maximum Gasteiger partial charge on any atom is 0.417 e. The van der Waals surface area contributed by atoms with Crippen molar-refractivity contribution in [3.63, 3.8) is 0 Å². The van der Waals surface area contributed by atoms with Crippen molar-refractivity contribution in [1.82, 2.24) is 9.29 Å². The molecule has 2 aromatic rings. The van der Waals surface area contributed by atoms with Gasteiger partial charge in [-0.1, -0.05) is 11.6 Å². The quantitative estimate of drug-likeness (QED) is 0.455. The van der Waals surface area contributed by atoms with Gasteiger partial charge in [-0.2, -0.15) is 17.5 Å². The number of nitrogens with one attached hydrogen (secondary N) is 1. The molecule has 1 aliphatic heterocycles. The predicted molar refractivity (Wildman–Crippen MR) is 109 cm³/mol. The molecule has 0 unspecified atom stereocenters. The highest BCUT2D eigenvalue weighted by molar-refractivity contribution is 7.89. The van der Waals surface area contributed by atoms with E-state index < -0.39 is 61.8 Å². The van der Waals surface area contributed by atoms with Gasteiger partial charge in [-0.05, 0) is 24.3 Å². The molecule has 1 aromatic heterocycles. The van der Waals surface area contributed by atoms with Crippen LogP contribution in [0.4, 0.5) is 23.4 Å². The molecule has 1 N–H and O–H groups in total. The van der Waals surface area contributed by atoms with Crippen molar-refractivity contribution in [2.45, 2.75) is 11.1 Å². The van der Waals surface area contributed by atoms with E-state index in [1.807, 2.05) is 0 Å². The summed E-state index contributed by atoms with van der Waals surface area (Å²) in [6, 6.07) is 3.10. The molecule has 2 heterocycles. The van der Waals surface area contributed by atoms with Gasteiger partial charge in [0.05, 0.1) is 29.4 Å². The summed E-state index contributed by atoms with van der Waals surface area (Å²) in [5.41, 5.74) is -1.47. The standard InChI is InChI=1S/C19H16ClF4N3O6S/c20-13-8-12(19(22,23)24)9-25-17(13)26-16(28)10-33-18(29)11-1-2-14(21)15(7-11)34(30,31)27-3-5-32-6-4-27/h1-2,7-9H,3-6,10H2,(H,25,26,28). The number of esters is 1. The van der Waals surface area contributed by atoms with Crippen LogP contribution in [0.1, 0.15) is 15.9 Å². The number of morpholine rings is 1. The summed E-state index contributed by atoms with van der Waals surface area (Å²) in [6.45, 7) is -0.611. The molecule has 1 aliphatic rings. The van der Waals surface area contributed by atoms with Gasteiger partial charge in [0.1, 0.15) is 10.7 Å². The van der Waals surface area contributed by atoms with Crippen molar-refractivity contribution in [2.75, 3.05) is 38.2 Å². The Balaban J connectivity index is 1.66. The van der Waals surface area contributed by atoms with E-state index in [0.717, 1.165) is 22.5 Å². The fourth-order valence-electron chi connectivity index (χ4n) is 2.82. The summed E-state index contributed by atoms with van der Waals surface area (Å²) in [7, 11) is -4.25. The van der Waals surface area contributed by atoms with E-state index in [9.17, 15) is 35.6 Å². The van der Waals surface area contributed by atoms with Crippen LogP contribution in [0.5, 0.6) is 0 Å². The molecule has 34 heavy (non-hydrogen) atoms.